The summed E-state index contributed by atoms with van der Waals surface area (Å²) in [6, 6.07) is 40.9. The maximum absolute atomic E-state index is 13.3. The number of aromatic nitrogens is 4. The summed E-state index contributed by atoms with van der Waals surface area (Å²) in [6.45, 7) is 10.7. The molecule has 3 heterocycles. The van der Waals surface area contributed by atoms with Crippen molar-refractivity contribution in [3.05, 3.63) is 156 Å². The van der Waals surface area contributed by atoms with E-state index in [0.29, 0.717) is 16.7 Å². The van der Waals surface area contributed by atoms with Gasteiger partial charge < -0.3 is 14.5 Å². The highest BCUT2D eigenvalue weighted by atomic mass is 31.1. The smallest absolute Gasteiger partial charge is 0.408 e. The van der Waals surface area contributed by atoms with E-state index in [0.717, 1.165) is 16.7 Å². The maximum Gasteiger partial charge on any atom is 0.697 e. The molecule has 0 saturated carbocycles. The van der Waals surface area contributed by atoms with Crippen molar-refractivity contribution in [2.24, 2.45) is 0 Å². The Morgan fingerprint density at radius 2 is 1.42 bits per heavy atom. The van der Waals surface area contributed by atoms with Crippen LogP contribution in [-0.4, -0.2) is 65.2 Å². The van der Waals surface area contributed by atoms with Gasteiger partial charge in [-0.15, -0.1) is 9.05 Å². The predicted octanol–water partition coefficient (Wildman–Crippen LogP) is 8.92. The van der Waals surface area contributed by atoms with Gasteiger partial charge >= 0.3 is 8.25 Å². The molecule has 1 aliphatic rings. The molecular formula is C45H49N7O6PSi+. The quantitative estimate of drug-likeness (QED) is 0.0414. The second kappa shape index (κ2) is 18.4. The van der Waals surface area contributed by atoms with Crippen LogP contribution in [0.15, 0.2) is 134 Å². The molecular weight excluding hydrogens is 794 g/mol. The molecule has 60 heavy (non-hydrogen) atoms. The van der Waals surface area contributed by atoms with Crippen molar-refractivity contribution in [2.45, 2.75) is 75.3 Å². The van der Waals surface area contributed by atoms with Crippen molar-refractivity contribution < 1.29 is 27.6 Å². The molecule has 7 rings (SSSR count). The largest absolute Gasteiger partial charge is 0.697 e. The Kier molecular flexibility index (Phi) is 13.1. The Labute approximate surface area is 352 Å². The number of anilines is 1. The second-order valence-electron chi connectivity index (χ2n) is 16.1. The zero-order valence-electron chi connectivity index (χ0n) is 34.3. The monoisotopic (exact) mass is 842 g/mol. The molecule has 5 atom stereocenters. The van der Waals surface area contributed by atoms with Crippen molar-refractivity contribution in [3.8, 4) is 6.07 Å². The van der Waals surface area contributed by atoms with Gasteiger partial charge in [0.25, 0.3) is 5.91 Å². The number of rotatable bonds is 16. The lowest BCUT2D eigenvalue weighted by Crippen LogP contribution is -2.59. The maximum atomic E-state index is 13.3. The van der Waals surface area contributed by atoms with Gasteiger partial charge in [0.2, 0.25) is 0 Å². The number of amides is 1. The first-order valence-corrected chi connectivity index (χ1v) is 23.8. The molecule has 0 spiro atoms. The first-order chi connectivity index (χ1) is 28.9. The molecule has 2 aromatic heterocycles. The standard InChI is InChI=1S/C45H48N7O6PSi/c1-44(2,3)60(4,5)58-39-37(51-45(33-21-12-7-13-22-33,34-23-14-8-15-24-34)35-25-16-9-17-26-35)36(29-56-59(54)55-28-18-27-46)57-43(39)52-31-49-38-40(47-30-48-41(38)52)50-42(53)32-19-10-6-11-20-32/h6-17,19-26,30-31,36-37,39,43,51H,18,28-29H2,1-5H3/p+1/t36-,37-,39-,43-/m1/s1. The number of benzene rings is 4. The second-order valence-corrected chi connectivity index (χ2v) is 21.8. The number of nitrogens with zero attached hydrogens (tertiary/aromatic N) is 5. The van der Waals surface area contributed by atoms with Gasteiger partial charge in [0, 0.05) is 10.1 Å². The van der Waals surface area contributed by atoms with Gasteiger partial charge in [0.15, 0.2) is 31.5 Å². The van der Waals surface area contributed by atoms with Gasteiger partial charge in [-0.25, -0.2) is 15.0 Å². The summed E-state index contributed by atoms with van der Waals surface area (Å²) in [5, 5.41) is 15.9. The average molecular weight is 843 g/mol. The molecule has 0 bridgehead atoms. The number of fused-ring (bicyclic) bond motifs is 1. The van der Waals surface area contributed by atoms with Crippen molar-refractivity contribution in [3.63, 3.8) is 0 Å². The third-order valence-corrected chi connectivity index (χ3v) is 16.5. The number of nitrogens with one attached hydrogen (secondary N) is 2. The summed E-state index contributed by atoms with van der Waals surface area (Å²) in [7, 11) is -5.20. The number of carbonyl (C=O) groups excluding carboxylic acids is 1. The summed E-state index contributed by atoms with van der Waals surface area (Å²) < 4.78 is 40.7. The van der Waals surface area contributed by atoms with E-state index in [4.69, 9.17) is 28.5 Å². The molecule has 1 amide bonds. The Bertz CT molecular complexity index is 2330. The predicted molar refractivity (Wildman–Crippen MR) is 232 cm³/mol. The van der Waals surface area contributed by atoms with Crippen LogP contribution in [0.5, 0.6) is 0 Å². The number of carbonyl (C=O) groups is 1. The van der Waals surface area contributed by atoms with E-state index < -0.39 is 46.6 Å². The number of hydrogen-bond donors (Lipinski definition) is 2. The molecule has 1 saturated heterocycles. The molecule has 1 aliphatic heterocycles. The molecule has 308 valence electrons. The van der Waals surface area contributed by atoms with Crippen LogP contribution < -0.4 is 10.6 Å². The topological polar surface area (TPSA) is 163 Å². The zero-order valence-corrected chi connectivity index (χ0v) is 36.2. The van der Waals surface area contributed by atoms with Crippen molar-refractivity contribution in [1.82, 2.24) is 24.8 Å². The third kappa shape index (κ3) is 8.99. The van der Waals surface area contributed by atoms with Crippen LogP contribution in [0.2, 0.25) is 18.1 Å². The fourth-order valence-electron chi connectivity index (χ4n) is 7.22. The summed E-state index contributed by atoms with van der Waals surface area (Å²) in [6.07, 6.45) is 0.729. The van der Waals surface area contributed by atoms with Gasteiger partial charge in [0.05, 0.1) is 30.4 Å². The minimum Gasteiger partial charge on any atom is -0.408 e. The lowest BCUT2D eigenvalue weighted by Gasteiger charge is -2.44. The number of imidazole rings is 1. The summed E-state index contributed by atoms with van der Waals surface area (Å²) in [4.78, 5) is 27.1. The van der Waals surface area contributed by atoms with E-state index in [-0.39, 0.29) is 36.4 Å². The molecule has 0 radical (unpaired) electrons. The van der Waals surface area contributed by atoms with Crippen molar-refractivity contribution in [2.75, 3.05) is 18.5 Å². The summed E-state index contributed by atoms with van der Waals surface area (Å²) >= 11 is 0. The lowest BCUT2D eigenvalue weighted by atomic mass is 9.76. The number of hydrogen-bond acceptors (Lipinski definition) is 11. The Balaban J connectivity index is 1.39. The summed E-state index contributed by atoms with van der Waals surface area (Å²) in [5.41, 5.74) is 3.21. The fraction of sp³-hybridized carbons (Fsp3) is 0.311. The van der Waals surface area contributed by atoms with Crippen LogP contribution in [-0.2, 0) is 28.3 Å². The molecule has 6 aromatic rings. The van der Waals surface area contributed by atoms with E-state index in [1.54, 1.807) is 35.2 Å². The minimum atomic E-state index is -2.61. The Morgan fingerprint density at radius 3 is 1.97 bits per heavy atom. The van der Waals surface area contributed by atoms with E-state index in [9.17, 15) is 9.36 Å². The molecule has 15 heteroatoms. The van der Waals surface area contributed by atoms with Crippen LogP contribution in [0.25, 0.3) is 11.2 Å². The third-order valence-electron chi connectivity index (χ3n) is 11.2. The molecule has 1 fully saturated rings. The van der Waals surface area contributed by atoms with Crippen LogP contribution >= 0.6 is 8.25 Å². The van der Waals surface area contributed by atoms with Gasteiger partial charge in [-0.1, -0.05) is 130 Å². The van der Waals surface area contributed by atoms with Crippen LogP contribution in [0.3, 0.4) is 0 Å². The lowest BCUT2D eigenvalue weighted by molar-refractivity contribution is -0.0440. The molecule has 4 aromatic carbocycles. The molecule has 13 nitrogen and oxygen atoms in total. The molecule has 0 aliphatic carbocycles. The van der Waals surface area contributed by atoms with Gasteiger partial charge in [-0.3, -0.25) is 14.7 Å². The minimum absolute atomic E-state index is 0.0400. The van der Waals surface area contributed by atoms with Crippen LogP contribution in [0.1, 0.15) is 60.5 Å². The first-order valence-electron chi connectivity index (χ1n) is 19.8. The van der Waals surface area contributed by atoms with Crippen molar-refractivity contribution in [1.29, 1.82) is 5.26 Å². The van der Waals surface area contributed by atoms with Crippen molar-refractivity contribution >= 4 is 39.5 Å². The number of nitriles is 1. The number of ether oxygens (including phenoxy) is 1. The van der Waals surface area contributed by atoms with Crippen LogP contribution in [0, 0.1) is 11.3 Å². The van der Waals surface area contributed by atoms with Crippen LogP contribution in [0.4, 0.5) is 5.82 Å². The fourth-order valence-corrected chi connectivity index (χ4v) is 9.10. The van der Waals surface area contributed by atoms with E-state index in [2.05, 4.69) is 90.9 Å². The average Bonchev–Trinajstić information content (AvgIpc) is 3.84. The SMILES string of the molecule is CC(C)(C)[Si](C)(C)O[C@@H]1[C@H](NC(c2ccccc2)(c2ccccc2)c2ccccc2)[C@@H](CO[P+](=O)OCCC#N)O[C@H]1n1cnc2c(NC(=O)c3ccccc3)ncnc21. The Hall–Kier alpha value is -5.49. The normalized spacial score (nSPS) is 18.6. The zero-order chi connectivity index (χ0) is 42.3. The summed E-state index contributed by atoms with van der Waals surface area (Å²) in [5.74, 6) is -0.0992. The van der Waals surface area contributed by atoms with E-state index in [1.807, 2.05) is 66.7 Å². The first kappa shape index (κ1) is 42.6. The van der Waals surface area contributed by atoms with E-state index in [1.165, 1.54) is 6.33 Å². The van der Waals surface area contributed by atoms with Gasteiger partial charge in [-0.2, -0.15) is 5.26 Å². The molecule has 1 unspecified atom stereocenters. The Morgan fingerprint density at radius 1 is 0.850 bits per heavy atom. The highest BCUT2D eigenvalue weighted by Gasteiger charge is 2.55. The van der Waals surface area contributed by atoms with E-state index >= 15 is 0 Å². The molecule has 2 N–H and O–H groups in total. The highest BCUT2D eigenvalue weighted by Crippen LogP contribution is 2.46. The highest BCUT2D eigenvalue weighted by molar-refractivity contribution is 7.33. The van der Waals surface area contributed by atoms with Gasteiger partial charge in [-0.05, 0) is 47.0 Å². The van der Waals surface area contributed by atoms with Gasteiger partial charge in [0.1, 0.15) is 31.7 Å².